The zero-order valence-electron chi connectivity index (χ0n) is 12.5. The molecule has 2 aromatic carbocycles. The third-order valence-electron chi connectivity index (χ3n) is 3.37. The van der Waals surface area contributed by atoms with Crippen molar-refractivity contribution in [3.63, 3.8) is 0 Å². The van der Waals surface area contributed by atoms with E-state index in [0.717, 1.165) is 21.1 Å². The highest BCUT2D eigenvalue weighted by molar-refractivity contribution is 8.01. The third-order valence-corrected chi connectivity index (χ3v) is 5.96. The molecule has 1 heterocycles. The van der Waals surface area contributed by atoms with Crippen LogP contribution < -0.4 is 5.32 Å². The van der Waals surface area contributed by atoms with Gasteiger partial charge in [0.15, 0.2) is 4.34 Å². The molecule has 0 atom stereocenters. The first-order valence-corrected chi connectivity index (χ1v) is 9.35. The second-order valence-electron chi connectivity index (χ2n) is 5.01. The molecule has 0 fully saturated rings. The summed E-state index contributed by atoms with van der Waals surface area (Å²) in [5, 5.41) is 3.57. The fourth-order valence-electron chi connectivity index (χ4n) is 2.10. The number of hydrogen-bond donors (Lipinski definition) is 1. The van der Waals surface area contributed by atoms with Crippen LogP contribution in [0.1, 0.15) is 12.0 Å². The van der Waals surface area contributed by atoms with Crippen molar-refractivity contribution in [1.82, 2.24) is 4.98 Å². The third kappa shape index (κ3) is 4.05. The van der Waals surface area contributed by atoms with Crippen LogP contribution >= 0.6 is 34.7 Å². The molecule has 0 spiro atoms. The maximum absolute atomic E-state index is 12.1. The Balaban J connectivity index is 1.54. The Labute approximate surface area is 148 Å². The summed E-state index contributed by atoms with van der Waals surface area (Å²) in [4.78, 5) is 16.6. The number of aromatic nitrogens is 1. The van der Waals surface area contributed by atoms with Crippen LogP contribution in [0.5, 0.6) is 0 Å². The molecule has 6 heteroatoms. The van der Waals surface area contributed by atoms with Crippen LogP contribution in [0.25, 0.3) is 10.2 Å². The molecule has 0 aliphatic heterocycles. The van der Waals surface area contributed by atoms with Gasteiger partial charge in [0.2, 0.25) is 5.91 Å². The summed E-state index contributed by atoms with van der Waals surface area (Å²) in [6.45, 7) is 1.90. The fraction of sp³-hybridized carbons (Fsp3) is 0.176. The largest absolute Gasteiger partial charge is 0.326 e. The van der Waals surface area contributed by atoms with Crippen LogP contribution in [-0.4, -0.2) is 16.6 Å². The van der Waals surface area contributed by atoms with Crippen LogP contribution in [0.3, 0.4) is 0 Å². The molecule has 3 rings (SSSR count). The van der Waals surface area contributed by atoms with E-state index in [4.69, 9.17) is 11.6 Å². The number of nitrogens with zero attached hydrogens (tertiary/aromatic N) is 1. The van der Waals surface area contributed by atoms with E-state index in [0.29, 0.717) is 17.2 Å². The van der Waals surface area contributed by atoms with Gasteiger partial charge in [-0.2, -0.15) is 0 Å². The smallest absolute Gasteiger partial charge is 0.225 e. The average Bonchev–Trinajstić information content (AvgIpc) is 2.94. The number of anilines is 1. The Morgan fingerprint density at radius 3 is 2.91 bits per heavy atom. The number of carbonyl (C=O) groups excluding carboxylic acids is 1. The van der Waals surface area contributed by atoms with E-state index >= 15 is 0 Å². The molecular weight excluding hydrogens is 348 g/mol. The molecule has 3 nitrogen and oxygen atoms in total. The standard InChI is InChI=1S/C17H15ClN2OS2/c1-11-12(18)5-4-7-13(11)19-16(21)9-10-22-17-20-14-6-2-3-8-15(14)23-17/h2-8H,9-10H2,1H3,(H,19,21). The molecule has 0 unspecified atom stereocenters. The van der Waals surface area contributed by atoms with Crippen molar-refractivity contribution in [2.24, 2.45) is 0 Å². The van der Waals surface area contributed by atoms with Gasteiger partial charge in [-0.05, 0) is 36.8 Å². The Bertz CT molecular complexity index is 814. The van der Waals surface area contributed by atoms with Crippen molar-refractivity contribution in [1.29, 1.82) is 0 Å². The van der Waals surface area contributed by atoms with Gasteiger partial charge in [0.25, 0.3) is 0 Å². The minimum atomic E-state index is -0.0102. The van der Waals surface area contributed by atoms with Gasteiger partial charge < -0.3 is 5.32 Å². The van der Waals surface area contributed by atoms with Gasteiger partial charge in [0.1, 0.15) is 0 Å². The molecule has 1 amide bonds. The number of para-hydroxylation sites is 1. The van der Waals surface area contributed by atoms with Crippen molar-refractivity contribution < 1.29 is 4.79 Å². The molecule has 3 aromatic rings. The van der Waals surface area contributed by atoms with Crippen molar-refractivity contribution in [2.45, 2.75) is 17.7 Å². The zero-order valence-corrected chi connectivity index (χ0v) is 14.9. The number of carbonyl (C=O) groups is 1. The van der Waals surface area contributed by atoms with Gasteiger partial charge in [-0.1, -0.05) is 41.6 Å². The van der Waals surface area contributed by atoms with Crippen LogP contribution in [0, 0.1) is 6.92 Å². The van der Waals surface area contributed by atoms with Crippen LogP contribution in [0.2, 0.25) is 5.02 Å². The predicted molar refractivity (Wildman–Crippen MR) is 99.8 cm³/mol. The van der Waals surface area contributed by atoms with Crippen molar-refractivity contribution >= 4 is 56.5 Å². The molecule has 0 bridgehead atoms. The molecular formula is C17H15ClN2OS2. The summed E-state index contributed by atoms with van der Waals surface area (Å²) in [6.07, 6.45) is 0.437. The Morgan fingerprint density at radius 1 is 1.26 bits per heavy atom. The Hall–Kier alpha value is -1.56. The van der Waals surface area contributed by atoms with Gasteiger partial charge >= 0.3 is 0 Å². The number of halogens is 1. The molecule has 0 saturated carbocycles. The summed E-state index contributed by atoms with van der Waals surface area (Å²) in [7, 11) is 0. The first-order chi connectivity index (χ1) is 11.1. The average molecular weight is 363 g/mol. The number of hydrogen-bond acceptors (Lipinski definition) is 4. The van der Waals surface area contributed by atoms with Gasteiger partial charge in [-0.3, -0.25) is 4.79 Å². The van der Waals surface area contributed by atoms with E-state index < -0.39 is 0 Å². The maximum Gasteiger partial charge on any atom is 0.225 e. The predicted octanol–water partition coefficient (Wildman–Crippen LogP) is 5.38. The Morgan fingerprint density at radius 2 is 2.09 bits per heavy atom. The van der Waals surface area contributed by atoms with Crippen LogP contribution in [-0.2, 0) is 4.79 Å². The van der Waals surface area contributed by atoms with E-state index in [2.05, 4.69) is 16.4 Å². The molecule has 118 valence electrons. The van der Waals surface area contributed by atoms with E-state index in [-0.39, 0.29) is 5.91 Å². The lowest BCUT2D eigenvalue weighted by Gasteiger charge is -2.09. The molecule has 1 N–H and O–H groups in total. The van der Waals surface area contributed by atoms with E-state index in [1.54, 1.807) is 23.1 Å². The number of nitrogens with one attached hydrogen (secondary N) is 1. The van der Waals surface area contributed by atoms with Crippen molar-refractivity contribution in [3.8, 4) is 0 Å². The number of rotatable bonds is 5. The molecule has 23 heavy (non-hydrogen) atoms. The molecule has 1 aromatic heterocycles. The minimum Gasteiger partial charge on any atom is -0.326 e. The summed E-state index contributed by atoms with van der Waals surface area (Å²) >= 11 is 9.33. The SMILES string of the molecule is Cc1c(Cl)cccc1NC(=O)CCSc1nc2ccccc2s1. The van der Waals surface area contributed by atoms with E-state index in [1.807, 2.05) is 43.3 Å². The van der Waals surface area contributed by atoms with Gasteiger partial charge in [-0.15, -0.1) is 11.3 Å². The monoisotopic (exact) mass is 362 g/mol. The lowest BCUT2D eigenvalue weighted by Crippen LogP contribution is -2.13. The van der Waals surface area contributed by atoms with Gasteiger partial charge in [-0.25, -0.2) is 4.98 Å². The highest BCUT2D eigenvalue weighted by atomic mass is 35.5. The van der Waals surface area contributed by atoms with Gasteiger partial charge in [0.05, 0.1) is 10.2 Å². The molecule has 0 aliphatic rings. The Kier molecular flexibility index (Phi) is 5.20. The van der Waals surface area contributed by atoms with E-state index in [1.165, 1.54) is 4.70 Å². The quantitative estimate of drug-likeness (QED) is 0.619. The molecule has 0 saturated heterocycles. The topological polar surface area (TPSA) is 42.0 Å². The highest BCUT2D eigenvalue weighted by Crippen LogP contribution is 2.29. The lowest BCUT2D eigenvalue weighted by atomic mass is 10.2. The van der Waals surface area contributed by atoms with Crippen molar-refractivity contribution in [3.05, 3.63) is 53.1 Å². The second-order valence-corrected chi connectivity index (χ2v) is 7.79. The first-order valence-electron chi connectivity index (χ1n) is 7.17. The number of thiazole rings is 1. The number of thioether (sulfide) groups is 1. The highest BCUT2D eigenvalue weighted by Gasteiger charge is 2.08. The normalized spacial score (nSPS) is 10.9. The van der Waals surface area contributed by atoms with Crippen LogP contribution in [0.15, 0.2) is 46.8 Å². The molecule has 0 aliphatic carbocycles. The van der Waals surface area contributed by atoms with Crippen LogP contribution in [0.4, 0.5) is 5.69 Å². The van der Waals surface area contributed by atoms with Crippen molar-refractivity contribution in [2.75, 3.05) is 11.1 Å². The zero-order chi connectivity index (χ0) is 16.2. The van der Waals surface area contributed by atoms with E-state index in [9.17, 15) is 4.79 Å². The number of amides is 1. The second kappa shape index (κ2) is 7.34. The summed E-state index contributed by atoms with van der Waals surface area (Å²) in [5.41, 5.74) is 2.67. The first kappa shape index (κ1) is 16.3. The summed E-state index contributed by atoms with van der Waals surface area (Å²) < 4.78 is 2.17. The maximum atomic E-state index is 12.1. The summed E-state index contributed by atoms with van der Waals surface area (Å²) in [6, 6.07) is 13.6. The molecule has 0 radical (unpaired) electrons. The van der Waals surface area contributed by atoms with Gasteiger partial charge in [0, 0.05) is 22.9 Å². The fourth-order valence-corrected chi connectivity index (χ4v) is 4.35. The number of fused-ring (bicyclic) bond motifs is 1. The lowest BCUT2D eigenvalue weighted by molar-refractivity contribution is -0.115. The number of benzene rings is 2. The minimum absolute atomic E-state index is 0.0102. The summed E-state index contributed by atoms with van der Waals surface area (Å²) in [5.74, 6) is 0.689.